The van der Waals surface area contributed by atoms with Crippen molar-refractivity contribution in [2.45, 2.75) is 0 Å². The number of anilines is 2. The summed E-state index contributed by atoms with van der Waals surface area (Å²) in [5.41, 5.74) is 1.97. The molecule has 0 aliphatic heterocycles. The quantitative estimate of drug-likeness (QED) is 0.731. The van der Waals surface area contributed by atoms with E-state index in [0.29, 0.717) is 4.47 Å². The van der Waals surface area contributed by atoms with Crippen LogP contribution in [0.2, 0.25) is 0 Å². The van der Waals surface area contributed by atoms with E-state index in [1.807, 2.05) is 24.3 Å². The molecule has 20 heavy (non-hydrogen) atoms. The van der Waals surface area contributed by atoms with Crippen LogP contribution < -0.4 is 5.32 Å². The number of nitrogens with one attached hydrogen (secondary N) is 1. The smallest absolute Gasteiger partial charge is 0.335 e. The first kappa shape index (κ1) is 13.1. The van der Waals surface area contributed by atoms with Crippen molar-refractivity contribution in [3.63, 3.8) is 0 Å². The molecule has 2 N–H and O–H groups in total. The largest absolute Gasteiger partial charge is 0.478 e. The number of carbonyl (C=O) groups is 1. The number of hydrogen-bond acceptors (Lipinski definition) is 4. The Morgan fingerprint density at radius 3 is 2.75 bits per heavy atom. The molecule has 0 saturated heterocycles. The molecule has 1 heterocycles. The van der Waals surface area contributed by atoms with E-state index < -0.39 is 5.97 Å². The van der Waals surface area contributed by atoms with Gasteiger partial charge < -0.3 is 10.4 Å². The molecule has 0 fully saturated rings. The van der Waals surface area contributed by atoms with E-state index in [4.69, 9.17) is 5.11 Å². The van der Waals surface area contributed by atoms with Gasteiger partial charge in [-0.05, 0) is 46.3 Å². The van der Waals surface area contributed by atoms with Gasteiger partial charge in [0.2, 0.25) is 0 Å². The first-order chi connectivity index (χ1) is 9.63. The summed E-state index contributed by atoms with van der Waals surface area (Å²) in [4.78, 5) is 15.4. The van der Waals surface area contributed by atoms with Crippen LogP contribution in [0.25, 0.3) is 10.2 Å². The average molecular weight is 349 g/mol. The standard InChI is InChI=1S/C14H9BrN2O2S/c15-9-7-8(13(18)19)5-6-10(9)16-14-17-11-3-1-2-4-12(11)20-14/h1-7H,(H,16,17)(H,18,19). The number of fused-ring (bicyclic) bond motifs is 1. The Labute approximate surface area is 127 Å². The summed E-state index contributed by atoms with van der Waals surface area (Å²) in [6, 6.07) is 12.7. The molecule has 0 aliphatic carbocycles. The normalized spacial score (nSPS) is 10.7. The Morgan fingerprint density at radius 1 is 1.25 bits per heavy atom. The molecule has 3 rings (SSSR count). The molecule has 0 saturated carbocycles. The number of hydrogen-bond donors (Lipinski definition) is 2. The first-order valence-electron chi connectivity index (χ1n) is 5.79. The lowest BCUT2D eigenvalue weighted by Crippen LogP contribution is -1.97. The van der Waals surface area contributed by atoms with Crippen molar-refractivity contribution in [3.8, 4) is 0 Å². The van der Waals surface area contributed by atoms with Crippen LogP contribution in [0.3, 0.4) is 0 Å². The molecule has 6 heteroatoms. The number of benzene rings is 2. The Hall–Kier alpha value is -1.92. The summed E-state index contributed by atoms with van der Waals surface area (Å²) >= 11 is 4.92. The molecule has 0 unspecified atom stereocenters. The van der Waals surface area contributed by atoms with Gasteiger partial charge in [0, 0.05) is 4.47 Å². The van der Waals surface area contributed by atoms with E-state index in [1.54, 1.807) is 29.5 Å². The van der Waals surface area contributed by atoms with Crippen molar-refractivity contribution in [2.24, 2.45) is 0 Å². The predicted molar refractivity (Wildman–Crippen MR) is 84.0 cm³/mol. The van der Waals surface area contributed by atoms with Gasteiger partial charge in [-0.1, -0.05) is 23.5 Å². The van der Waals surface area contributed by atoms with Crippen LogP contribution in [0.15, 0.2) is 46.9 Å². The van der Waals surface area contributed by atoms with Crippen LogP contribution in [0.4, 0.5) is 10.8 Å². The first-order valence-corrected chi connectivity index (χ1v) is 7.40. The summed E-state index contributed by atoms with van der Waals surface area (Å²) in [5, 5.41) is 12.9. The number of nitrogens with zero attached hydrogens (tertiary/aromatic N) is 1. The summed E-state index contributed by atoms with van der Waals surface area (Å²) in [6.07, 6.45) is 0. The van der Waals surface area contributed by atoms with E-state index in [1.165, 1.54) is 0 Å². The van der Waals surface area contributed by atoms with Crippen LogP contribution in [0.1, 0.15) is 10.4 Å². The summed E-state index contributed by atoms with van der Waals surface area (Å²) in [6.45, 7) is 0. The van der Waals surface area contributed by atoms with Crippen LogP contribution >= 0.6 is 27.3 Å². The lowest BCUT2D eigenvalue weighted by atomic mass is 10.2. The molecular formula is C14H9BrN2O2S. The molecule has 100 valence electrons. The Kier molecular flexibility index (Phi) is 3.42. The molecule has 4 nitrogen and oxygen atoms in total. The number of carboxylic acid groups (broad SMARTS) is 1. The van der Waals surface area contributed by atoms with E-state index in [0.717, 1.165) is 21.0 Å². The molecule has 0 atom stereocenters. The zero-order valence-electron chi connectivity index (χ0n) is 10.1. The highest BCUT2D eigenvalue weighted by molar-refractivity contribution is 9.10. The minimum Gasteiger partial charge on any atom is -0.478 e. The van der Waals surface area contributed by atoms with Gasteiger partial charge in [-0.3, -0.25) is 0 Å². The maximum atomic E-state index is 10.9. The molecule has 0 spiro atoms. The van der Waals surface area contributed by atoms with Gasteiger partial charge in [-0.25, -0.2) is 9.78 Å². The lowest BCUT2D eigenvalue weighted by molar-refractivity contribution is 0.0697. The SMILES string of the molecule is O=C(O)c1ccc(Nc2nc3ccccc3s2)c(Br)c1. The monoisotopic (exact) mass is 348 g/mol. The Bertz CT molecular complexity index is 768. The van der Waals surface area contributed by atoms with Gasteiger partial charge in [-0.2, -0.15) is 0 Å². The average Bonchev–Trinajstić information content (AvgIpc) is 2.83. The van der Waals surface area contributed by atoms with Crippen molar-refractivity contribution in [1.29, 1.82) is 0 Å². The van der Waals surface area contributed by atoms with E-state index >= 15 is 0 Å². The minimum absolute atomic E-state index is 0.242. The molecule has 0 radical (unpaired) electrons. The van der Waals surface area contributed by atoms with Gasteiger partial charge in [0.1, 0.15) is 0 Å². The van der Waals surface area contributed by atoms with Crippen LogP contribution in [-0.2, 0) is 0 Å². The lowest BCUT2D eigenvalue weighted by Gasteiger charge is -2.06. The highest BCUT2D eigenvalue weighted by atomic mass is 79.9. The molecule has 3 aromatic rings. The highest BCUT2D eigenvalue weighted by Crippen LogP contribution is 2.31. The fourth-order valence-corrected chi connectivity index (χ4v) is 3.15. The maximum absolute atomic E-state index is 10.9. The zero-order valence-corrected chi connectivity index (χ0v) is 12.5. The van der Waals surface area contributed by atoms with Crippen molar-refractivity contribution < 1.29 is 9.90 Å². The van der Waals surface area contributed by atoms with E-state index in [9.17, 15) is 4.79 Å². The second-order valence-corrected chi connectivity index (χ2v) is 6.00. The predicted octanol–water partition coefficient (Wildman–Crippen LogP) is 4.50. The zero-order chi connectivity index (χ0) is 14.1. The summed E-state index contributed by atoms with van der Waals surface area (Å²) in [7, 11) is 0. The van der Waals surface area contributed by atoms with Gasteiger partial charge in [0.15, 0.2) is 5.13 Å². The molecular weight excluding hydrogens is 340 g/mol. The third kappa shape index (κ3) is 2.52. The van der Waals surface area contributed by atoms with Gasteiger partial charge in [0.05, 0.1) is 21.5 Å². The van der Waals surface area contributed by atoms with Crippen LogP contribution in [-0.4, -0.2) is 16.1 Å². The van der Waals surface area contributed by atoms with Crippen LogP contribution in [0.5, 0.6) is 0 Å². The minimum atomic E-state index is -0.947. The van der Waals surface area contributed by atoms with E-state index in [-0.39, 0.29) is 5.56 Å². The van der Waals surface area contributed by atoms with Crippen LogP contribution in [0, 0.1) is 0 Å². The number of aromatic carboxylic acids is 1. The van der Waals surface area contributed by atoms with Gasteiger partial charge in [-0.15, -0.1) is 0 Å². The van der Waals surface area contributed by atoms with Gasteiger partial charge in [0.25, 0.3) is 0 Å². The van der Waals surface area contributed by atoms with Gasteiger partial charge >= 0.3 is 5.97 Å². The topological polar surface area (TPSA) is 62.2 Å². The summed E-state index contributed by atoms with van der Waals surface area (Å²) < 4.78 is 1.80. The highest BCUT2D eigenvalue weighted by Gasteiger charge is 2.09. The number of carboxylic acids is 1. The third-order valence-corrected chi connectivity index (χ3v) is 4.36. The number of rotatable bonds is 3. The number of halogens is 1. The molecule has 1 aromatic heterocycles. The second kappa shape index (κ2) is 5.22. The van der Waals surface area contributed by atoms with E-state index in [2.05, 4.69) is 26.2 Å². The summed E-state index contributed by atoms with van der Waals surface area (Å²) in [5.74, 6) is -0.947. The molecule has 0 aliphatic rings. The maximum Gasteiger partial charge on any atom is 0.335 e. The number of aromatic nitrogens is 1. The Morgan fingerprint density at radius 2 is 2.05 bits per heavy atom. The second-order valence-electron chi connectivity index (χ2n) is 4.11. The van der Waals surface area contributed by atoms with Crippen molar-refractivity contribution in [1.82, 2.24) is 4.98 Å². The molecule has 0 bridgehead atoms. The number of thiazole rings is 1. The third-order valence-electron chi connectivity index (χ3n) is 2.75. The van der Waals surface area contributed by atoms with Crippen molar-refractivity contribution >= 4 is 54.3 Å². The van der Waals surface area contributed by atoms with Crippen molar-refractivity contribution in [3.05, 3.63) is 52.5 Å². The fourth-order valence-electron chi connectivity index (χ4n) is 1.79. The van der Waals surface area contributed by atoms with Crippen molar-refractivity contribution in [2.75, 3.05) is 5.32 Å². The molecule has 0 amide bonds. The fraction of sp³-hybridized carbons (Fsp3) is 0. The molecule has 2 aromatic carbocycles. The Balaban J connectivity index is 1.92. The number of para-hydroxylation sites is 1.